The smallest absolute Gasteiger partial charge is 0.312 e. The summed E-state index contributed by atoms with van der Waals surface area (Å²) >= 11 is 0. The fraction of sp³-hybridized carbons (Fsp3) is 0.800. The van der Waals surface area contributed by atoms with E-state index in [0.717, 1.165) is 12.8 Å². The molecule has 0 aliphatic carbocycles. The summed E-state index contributed by atoms with van der Waals surface area (Å²) in [7, 11) is 0. The molecule has 0 unspecified atom stereocenters. The van der Waals surface area contributed by atoms with Crippen molar-refractivity contribution < 1.29 is 4.42 Å². The second-order valence-electron chi connectivity index (χ2n) is 3.55. The lowest BCUT2D eigenvalue weighted by Gasteiger charge is -1.97. The number of aryl methyl sites for hydroxylation is 1. The third-order valence-electron chi connectivity index (χ3n) is 2.23. The van der Waals surface area contributed by atoms with Gasteiger partial charge >= 0.3 is 6.01 Å². The first kappa shape index (κ1) is 11.0. The lowest BCUT2D eigenvalue weighted by molar-refractivity contribution is 0.490. The van der Waals surface area contributed by atoms with Gasteiger partial charge in [-0.05, 0) is 6.42 Å². The number of unbranched alkanes of at least 4 members (excludes halogenated alkanes) is 5. The highest BCUT2D eigenvalue weighted by atomic mass is 16.4. The molecular formula is C10H19N3O. The second kappa shape index (κ2) is 6.40. The van der Waals surface area contributed by atoms with E-state index in [4.69, 9.17) is 10.2 Å². The van der Waals surface area contributed by atoms with Crippen LogP contribution in [0, 0.1) is 0 Å². The number of hydrogen-bond acceptors (Lipinski definition) is 4. The standard InChI is InChI=1S/C10H19N3O/c1-2-3-4-5-6-7-8-9-12-13-10(11)14-9/h2-8H2,1H3,(H2,11,13). The van der Waals surface area contributed by atoms with Crippen molar-refractivity contribution in [1.29, 1.82) is 0 Å². The van der Waals surface area contributed by atoms with Crippen molar-refractivity contribution >= 4 is 6.01 Å². The zero-order chi connectivity index (χ0) is 10.2. The maximum atomic E-state index is 5.31. The molecule has 0 radical (unpaired) electrons. The molecular weight excluding hydrogens is 178 g/mol. The molecule has 0 aromatic carbocycles. The molecule has 0 spiro atoms. The Bertz CT molecular complexity index is 247. The summed E-state index contributed by atoms with van der Waals surface area (Å²) in [5.41, 5.74) is 5.31. The molecule has 0 saturated heterocycles. The van der Waals surface area contributed by atoms with Crippen LogP contribution in [-0.2, 0) is 6.42 Å². The van der Waals surface area contributed by atoms with Gasteiger partial charge in [-0.3, -0.25) is 0 Å². The minimum atomic E-state index is 0.172. The van der Waals surface area contributed by atoms with Crippen molar-refractivity contribution in [2.24, 2.45) is 0 Å². The van der Waals surface area contributed by atoms with E-state index in [1.54, 1.807) is 0 Å². The van der Waals surface area contributed by atoms with Crippen LogP contribution >= 0.6 is 0 Å². The van der Waals surface area contributed by atoms with Gasteiger partial charge in [0.2, 0.25) is 5.89 Å². The molecule has 1 aromatic rings. The molecule has 0 fully saturated rings. The number of rotatable bonds is 7. The Morgan fingerprint density at radius 2 is 1.79 bits per heavy atom. The van der Waals surface area contributed by atoms with Crippen molar-refractivity contribution in [3.63, 3.8) is 0 Å². The minimum absolute atomic E-state index is 0.172. The van der Waals surface area contributed by atoms with Crippen molar-refractivity contribution in [1.82, 2.24) is 10.2 Å². The first-order chi connectivity index (χ1) is 6.83. The number of nitrogens with two attached hydrogens (primary N) is 1. The summed E-state index contributed by atoms with van der Waals surface area (Å²) in [5.74, 6) is 0.665. The van der Waals surface area contributed by atoms with E-state index in [-0.39, 0.29) is 6.01 Å². The molecule has 0 atom stereocenters. The molecule has 4 nitrogen and oxygen atoms in total. The zero-order valence-electron chi connectivity index (χ0n) is 8.83. The minimum Gasteiger partial charge on any atom is -0.408 e. The van der Waals surface area contributed by atoms with Crippen LogP contribution in [0.15, 0.2) is 4.42 Å². The first-order valence-electron chi connectivity index (χ1n) is 5.40. The van der Waals surface area contributed by atoms with Gasteiger partial charge in [-0.2, -0.15) is 0 Å². The molecule has 0 aliphatic rings. The van der Waals surface area contributed by atoms with Crippen LogP contribution in [0.25, 0.3) is 0 Å². The van der Waals surface area contributed by atoms with E-state index in [2.05, 4.69) is 17.1 Å². The number of aromatic nitrogens is 2. The number of anilines is 1. The lowest BCUT2D eigenvalue weighted by Crippen LogP contribution is -1.86. The van der Waals surface area contributed by atoms with Crippen LogP contribution in [0.2, 0.25) is 0 Å². The predicted octanol–water partition coefficient (Wildman–Crippen LogP) is 2.55. The summed E-state index contributed by atoms with van der Waals surface area (Å²) < 4.78 is 5.07. The quantitative estimate of drug-likeness (QED) is 0.682. The van der Waals surface area contributed by atoms with Crippen LogP contribution in [-0.4, -0.2) is 10.2 Å². The van der Waals surface area contributed by atoms with E-state index in [9.17, 15) is 0 Å². The van der Waals surface area contributed by atoms with E-state index >= 15 is 0 Å². The summed E-state index contributed by atoms with van der Waals surface area (Å²) in [6, 6.07) is 0.172. The molecule has 14 heavy (non-hydrogen) atoms. The number of nitrogens with zero attached hydrogens (tertiary/aromatic N) is 2. The van der Waals surface area contributed by atoms with Crippen molar-refractivity contribution in [3.8, 4) is 0 Å². The Morgan fingerprint density at radius 1 is 1.07 bits per heavy atom. The highest BCUT2D eigenvalue weighted by molar-refractivity contribution is 5.04. The molecule has 1 aromatic heterocycles. The number of hydrogen-bond donors (Lipinski definition) is 1. The van der Waals surface area contributed by atoms with E-state index < -0.39 is 0 Å². The average Bonchev–Trinajstić information content (AvgIpc) is 2.58. The Morgan fingerprint density at radius 3 is 2.43 bits per heavy atom. The molecule has 0 saturated carbocycles. The van der Waals surface area contributed by atoms with Crippen LogP contribution in [0.3, 0.4) is 0 Å². The summed E-state index contributed by atoms with van der Waals surface area (Å²) in [6.45, 7) is 2.22. The molecule has 4 heteroatoms. The third-order valence-corrected chi connectivity index (χ3v) is 2.23. The van der Waals surface area contributed by atoms with Gasteiger partial charge < -0.3 is 10.2 Å². The van der Waals surface area contributed by atoms with Gasteiger partial charge in [-0.15, -0.1) is 5.10 Å². The molecule has 0 aliphatic heterocycles. The molecule has 0 bridgehead atoms. The maximum absolute atomic E-state index is 5.31. The van der Waals surface area contributed by atoms with Gasteiger partial charge in [-0.25, -0.2) is 0 Å². The topological polar surface area (TPSA) is 64.9 Å². The maximum Gasteiger partial charge on any atom is 0.312 e. The van der Waals surface area contributed by atoms with Gasteiger partial charge in [0.1, 0.15) is 0 Å². The third kappa shape index (κ3) is 4.25. The fourth-order valence-electron chi connectivity index (χ4n) is 1.42. The Hall–Kier alpha value is -1.06. The summed E-state index contributed by atoms with van der Waals surface area (Å²) in [5, 5.41) is 7.41. The van der Waals surface area contributed by atoms with Gasteiger partial charge in [0.15, 0.2) is 0 Å². The van der Waals surface area contributed by atoms with Crippen molar-refractivity contribution in [3.05, 3.63) is 5.89 Å². The van der Waals surface area contributed by atoms with Crippen LogP contribution in [0.4, 0.5) is 6.01 Å². The van der Waals surface area contributed by atoms with Gasteiger partial charge in [0.05, 0.1) is 0 Å². The molecule has 2 N–H and O–H groups in total. The first-order valence-corrected chi connectivity index (χ1v) is 5.40. The summed E-state index contributed by atoms with van der Waals surface area (Å²) in [4.78, 5) is 0. The zero-order valence-corrected chi connectivity index (χ0v) is 8.83. The summed E-state index contributed by atoms with van der Waals surface area (Å²) in [6.07, 6.45) is 8.48. The molecule has 1 heterocycles. The van der Waals surface area contributed by atoms with Crippen molar-refractivity contribution in [2.75, 3.05) is 5.73 Å². The van der Waals surface area contributed by atoms with Gasteiger partial charge in [0.25, 0.3) is 0 Å². The SMILES string of the molecule is CCCCCCCCc1nnc(N)o1. The average molecular weight is 197 g/mol. The lowest BCUT2D eigenvalue weighted by atomic mass is 10.1. The number of nitrogen functional groups attached to an aromatic ring is 1. The van der Waals surface area contributed by atoms with E-state index in [0.29, 0.717) is 5.89 Å². The van der Waals surface area contributed by atoms with Gasteiger partial charge in [0, 0.05) is 6.42 Å². The molecule has 1 rings (SSSR count). The Labute approximate surface area is 84.9 Å². The fourth-order valence-corrected chi connectivity index (χ4v) is 1.42. The molecule has 80 valence electrons. The van der Waals surface area contributed by atoms with Gasteiger partial charge in [-0.1, -0.05) is 44.1 Å². The largest absolute Gasteiger partial charge is 0.408 e. The van der Waals surface area contributed by atoms with E-state index in [1.807, 2.05) is 0 Å². The predicted molar refractivity (Wildman–Crippen MR) is 55.8 cm³/mol. The van der Waals surface area contributed by atoms with Crippen LogP contribution in [0.1, 0.15) is 51.3 Å². The van der Waals surface area contributed by atoms with Crippen molar-refractivity contribution in [2.45, 2.75) is 51.9 Å². The van der Waals surface area contributed by atoms with E-state index in [1.165, 1.54) is 32.1 Å². The molecule has 0 amide bonds. The second-order valence-corrected chi connectivity index (χ2v) is 3.55. The Balaban J connectivity index is 1.99. The Kier molecular flexibility index (Phi) is 5.04. The highest BCUT2D eigenvalue weighted by Crippen LogP contribution is 2.09. The monoisotopic (exact) mass is 197 g/mol. The van der Waals surface area contributed by atoms with Crippen LogP contribution < -0.4 is 5.73 Å². The highest BCUT2D eigenvalue weighted by Gasteiger charge is 2.01. The normalized spacial score (nSPS) is 10.6. The van der Waals surface area contributed by atoms with Crippen LogP contribution in [0.5, 0.6) is 0 Å².